The molecule has 9 nitrogen and oxygen atoms in total. The predicted molar refractivity (Wildman–Crippen MR) is 113 cm³/mol. The Kier molecular flexibility index (Phi) is 7.42. The Bertz CT molecular complexity index is 1060. The summed E-state index contributed by atoms with van der Waals surface area (Å²) in [5.41, 5.74) is 1.43. The second kappa shape index (κ2) is 9.91. The van der Waals surface area contributed by atoms with E-state index in [0.717, 1.165) is 12.0 Å². The lowest BCUT2D eigenvalue weighted by Crippen LogP contribution is -2.37. The average molecular weight is 488 g/mol. The van der Waals surface area contributed by atoms with Crippen LogP contribution >= 0.6 is 0 Å². The zero-order valence-electron chi connectivity index (χ0n) is 17.7. The molecule has 0 unspecified atom stereocenters. The molecule has 1 aromatic carbocycles. The van der Waals surface area contributed by atoms with Crippen LogP contribution in [0.1, 0.15) is 44.1 Å². The van der Waals surface area contributed by atoms with Crippen molar-refractivity contribution in [2.45, 2.75) is 61.7 Å². The number of benzene rings is 1. The molecular weight excluding hydrogens is 463 g/mol. The van der Waals surface area contributed by atoms with Crippen molar-refractivity contribution in [3.63, 3.8) is 0 Å². The van der Waals surface area contributed by atoms with Gasteiger partial charge < -0.3 is 15.4 Å². The average Bonchev–Trinajstić information content (AvgIpc) is 3.15. The molecule has 2 aromatic rings. The largest absolute Gasteiger partial charge is 0.446 e. The van der Waals surface area contributed by atoms with Crippen LogP contribution < -0.4 is 15.8 Å². The summed E-state index contributed by atoms with van der Waals surface area (Å²) >= 11 is 0. The number of alkyl carbamates (subject to hydrolysis) is 1. The highest BCUT2D eigenvalue weighted by Gasteiger charge is 2.32. The third-order valence-electron chi connectivity index (χ3n) is 5.14. The van der Waals surface area contributed by atoms with Gasteiger partial charge in [0.15, 0.2) is 0 Å². The number of aromatic nitrogens is 2. The van der Waals surface area contributed by atoms with Crippen molar-refractivity contribution >= 4 is 27.8 Å². The SMILES string of the molecule is C[C@@H](CC(F)(F)F)NC(=O)O[C@@H]1CC[C@H](c2cnc(Nc3ccc(S(N)(=O)=O)cc3)nc2)C1. The molecule has 1 heterocycles. The van der Waals surface area contributed by atoms with E-state index >= 15 is 0 Å². The van der Waals surface area contributed by atoms with Gasteiger partial charge in [0.05, 0.1) is 11.3 Å². The molecule has 180 valence electrons. The maximum atomic E-state index is 12.4. The highest BCUT2D eigenvalue weighted by Crippen LogP contribution is 2.35. The monoisotopic (exact) mass is 487 g/mol. The number of carbonyl (C=O) groups is 1. The van der Waals surface area contributed by atoms with E-state index < -0.39 is 40.9 Å². The van der Waals surface area contributed by atoms with Crippen LogP contribution in [0.25, 0.3) is 0 Å². The predicted octanol–water partition coefficient (Wildman–Crippen LogP) is 3.57. The van der Waals surface area contributed by atoms with Crippen LogP contribution in [0.15, 0.2) is 41.6 Å². The number of primary sulfonamides is 1. The van der Waals surface area contributed by atoms with E-state index in [0.29, 0.717) is 24.5 Å². The smallest absolute Gasteiger partial charge is 0.407 e. The van der Waals surface area contributed by atoms with Crippen molar-refractivity contribution in [1.82, 2.24) is 15.3 Å². The zero-order chi connectivity index (χ0) is 24.2. The maximum Gasteiger partial charge on any atom is 0.407 e. The molecule has 13 heteroatoms. The number of sulfonamides is 1. The minimum Gasteiger partial charge on any atom is -0.446 e. The Morgan fingerprint density at radius 3 is 2.42 bits per heavy atom. The van der Waals surface area contributed by atoms with Gasteiger partial charge in [-0.15, -0.1) is 0 Å². The van der Waals surface area contributed by atoms with Crippen molar-refractivity contribution in [1.29, 1.82) is 0 Å². The third kappa shape index (κ3) is 7.56. The first-order chi connectivity index (χ1) is 15.4. The summed E-state index contributed by atoms with van der Waals surface area (Å²) in [6.45, 7) is 1.27. The molecule has 1 fully saturated rings. The molecule has 0 bridgehead atoms. The summed E-state index contributed by atoms with van der Waals surface area (Å²) in [5.74, 6) is 0.365. The van der Waals surface area contributed by atoms with Gasteiger partial charge >= 0.3 is 12.3 Å². The molecule has 4 N–H and O–H groups in total. The summed E-state index contributed by atoms with van der Waals surface area (Å²) < 4.78 is 65.0. The lowest BCUT2D eigenvalue weighted by molar-refractivity contribution is -0.138. The lowest BCUT2D eigenvalue weighted by atomic mass is 10.0. The van der Waals surface area contributed by atoms with Crippen LogP contribution in [0.4, 0.5) is 29.6 Å². The zero-order valence-corrected chi connectivity index (χ0v) is 18.5. The second-order valence-electron chi connectivity index (χ2n) is 7.94. The number of ether oxygens (including phenoxy) is 1. The summed E-state index contributed by atoms with van der Waals surface area (Å²) in [6, 6.07) is 4.74. The fourth-order valence-electron chi connectivity index (χ4n) is 3.61. The van der Waals surface area contributed by atoms with Crippen LogP contribution in [0.5, 0.6) is 0 Å². The minimum absolute atomic E-state index is 0.00851. The Hall–Kier alpha value is -2.93. The number of nitrogens with zero attached hydrogens (tertiary/aromatic N) is 2. The maximum absolute atomic E-state index is 12.4. The van der Waals surface area contributed by atoms with Gasteiger partial charge in [-0.25, -0.2) is 28.3 Å². The van der Waals surface area contributed by atoms with Gasteiger partial charge in [-0.3, -0.25) is 0 Å². The van der Waals surface area contributed by atoms with Crippen molar-refractivity contribution in [3.8, 4) is 0 Å². The lowest BCUT2D eigenvalue weighted by Gasteiger charge is -2.18. The van der Waals surface area contributed by atoms with Gasteiger partial charge in [-0.2, -0.15) is 13.2 Å². The van der Waals surface area contributed by atoms with Crippen LogP contribution in [0.2, 0.25) is 0 Å². The van der Waals surface area contributed by atoms with Gasteiger partial charge in [0.1, 0.15) is 6.10 Å². The first kappa shape index (κ1) is 24.7. The number of rotatable bonds is 7. The van der Waals surface area contributed by atoms with Crippen LogP contribution in [-0.4, -0.2) is 42.8 Å². The number of anilines is 2. The first-order valence-corrected chi connectivity index (χ1v) is 11.7. The quantitative estimate of drug-likeness (QED) is 0.543. The van der Waals surface area contributed by atoms with Crippen LogP contribution in [-0.2, 0) is 14.8 Å². The number of nitrogens with one attached hydrogen (secondary N) is 2. The Morgan fingerprint density at radius 2 is 1.85 bits per heavy atom. The number of carbonyl (C=O) groups excluding carboxylic acids is 1. The molecule has 0 spiro atoms. The van der Waals surface area contributed by atoms with E-state index in [1.165, 1.54) is 31.2 Å². The highest BCUT2D eigenvalue weighted by molar-refractivity contribution is 7.89. The number of hydrogen-bond acceptors (Lipinski definition) is 7. The standard InChI is InChI=1S/C20H24F3N5O4S/c1-12(9-20(21,22)23)27-19(29)32-16-5-2-13(8-16)14-10-25-18(26-11-14)28-15-3-6-17(7-4-15)33(24,30)31/h3-4,6-7,10-13,16H,2,5,8-9H2,1H3,(H,27,29)(H2,24,30,31)(H,25,26,28)/t12-,13-,16+/m0/s1. The Balaban J connectivity index is 1.50. The molecule has 1 saturated carbocycles. The number of amides is 1. The normalized spacial score (nSPS) is 19.7. The van der Waals surface area contributed by atoms with E-state index in [1.807, 2.05) is 0 Å². The molecule has 33 heavy (non-hydrogen) atoms. The van der Waals surface area contributed by atoms with Gasteiger partial charge in [0.2, 0.25) is 16.0 Å². The number of halogens is 3. The van der Waals surface area contributed by atoms with Crippen molar-refractivity contribution in [2.24, 2.45) is 5.14 Å². The van der Waals surface area contributed by atoms with Crippen LogP contribution in [0.3, 0.4) is 0 Å². The highest BCUT2D eigenvalue weighted by atomic mass is 32.2. The van der Waals surface area contributed by atoms with Gasteiger partial charge in [-0.05, 0) is 61.9 Å². The van der Waals surface area contributed by atoms with Crippen molar-refractivity contribution in [3.05, 3.63) is 42.2 Å². The molecule has 0 saturated heterocycles. The summed E-state index contributed by atoms with van der Waals surface area (Å²) in [6.07, 6.45) is -1.62. The molecular formula is C20H24F3N5O4S. The van der Waals surface area contributed by atoms with E-state index in [2.05, 4.69) is 20.6 Å². The fraction of sp³-hybridized carbons (Fsp3) is 0.450. The first-order valence-electron chi connectivity index (χ1n) is 10.1. The fourth-order valence-corrected chi connectivity index (χ4v) is 4.12. The molecule has 0 radical (unpaired) electrons. The summed E-state index contributed by atoms with van der Waals surface area (Å²) in [4.78, 5) is 20.4. The molecule has 3 rings (SSSR count). The topological polar surface area (TPSA) is 136 Å². The second-order valence-corrected chi connectivity index (χ2v) is 9.50. The molecule has 1 amide bonds. The summed E-state index contributed by atoms with van der Waals surface area (Å²) in [7, 11) is -3.77. The van der Waals surface area contributed by atoms with E-state index in [9.17, 15) is 26.4 Å². The van der Waals surface area contributed by atoms with Crippen LogP contribution in [0, 0.1) is 0 Å². The van der Waals surface area contributed by atoms with E-state index in [4.69, 9.17) is 9.88 Å². The van der Waals surface area contributed by atoms with Gasteiger partial charge in [0.25, 0.3) is 0 Å². The van der Waals surface area contributed by atoms with E-state index in [-0.39, 0.29) is 10.8 Å². The van der Waals surface area contributed by atoms with Crippen molar-refractivity contribution in [2.75, 3.05) is 5.32 Å². The summed E-state index contributed by atoms with van der Waals surface area (Å²) in [5, 5.41) is 10.2. The van der Waals surface area contributed by atoms with E-state index in [1.54, 1.807) is 12.4 Å². The van der Waals surface area contributed by atoms with Gasteiger partial charge in [0, 0.05) is 24.1 Å². The molecule has 3 atom stereocenters. The minimum atomic E-state index is -4.36. The molecule has 1 aliphatic rings. The Morgan fingerprint density at radius 1 is 1.21 bits per heavy atom. The molecule has 1 aliphatic carbocycles. The van der Waals surface area contributed by atoms with Crippen molar-refractivity contribution < 1.29 is 31.1 Å². The number of alkyl halides is 3. The Labute approximate surface area is 189 Å². The molecule has 0 aliphatic heterocycles. The number of hydrogen-bond donors (Lipinski definition) is 3. The third-order valence-corrected chi connectivity index (χ3v) is 6.07. The van der Waals surface area contributed by atoms with Gasteiger partial charge in [-0.1, -0.05) is 0 Å². The number of nitrogens with two attached hydrogens (primary N) is 1. The molecule has 1 aromatic heterocycles.